The summed E-state index contributed by atoms with van der Waals surface area (Å²) in [6.45, 7) is 1.74. The molecule has 3 aromatic rings. The van der Waals surface area contributed by atoms with Crippen molar-refractivity contribution in [2.45, 2.75) is 24.3 Å². The molecule has 0 aromatic heterocycles. The molecule has 0 bridgehead atoms. The van der Waals surface area contributed by atoms with E-state index in [1.165, 1.54) is 42.5 Å². The maximum atomic E-state index is 13.0. The van der Waals surface area contributed by atoms with Gasteiger partial charge in [-0.1, -0.05) is 29.8 Å². The lowest BCUT2D eigenvalue weighted by molar-refractivity contribution is -0.395. The molecule has 0 fully saturated rings. The van der Waals surface area contributed by atoms with Crippen molar-refractivity contribution < 1.29 is 27.4 Å². The van der Waals surface area contributed by atoms with E-state index in [-0.39, 0.29) is 10.5 Å². The summed E-state index contributed by atoms with van der Waals surface area (Å²) in [4.78, 5) is 31.9. The van der Waals surface area contributed by atoms with E-state index in [0.29, 0.717) is 0 Å². The second kappa shape index (κ2) is 9.72. The zero-order chi connectivity index (χ0) is 25.0. The molecule has 0 saturated carbocycles. The van der Waals surface area contributed by atoms with Crippen molar-refractivity contribution in [3.8, 4) is 0 Å². The maximum absolute atomic E-state index is 13.0. The summed E-state index contributed by atoms with van der Waals surface area (Å²) in [5, 5.41) is 34.7. The summed E-state index contributed by atoms with van der Waals surface area (Å²) in [5.74, 6) is 0. The summed E-state index contributed by atoms with van der Waals surface area (Å²) >= 11 is 0. The number of hydrogen-bond acceptors (Lipinski definition) is 9. The van der Waals surface area contributed by atoms with E-state index in [9.17, 15) is 38.8 Å². The molecule has 34 heavy (non-hydrogen) atoms. The predicted octanol–water partition coefficient (Wildman–Crippen LogP) is 4.41. The van der Waals surface area contributed by atoms with Gasteiger partial charge in [0.2, 0.25) is 0 Å². The highest BCUT2D eigenvalue weighted by Gasteiger charge is 2.34. The molecule has 0 radical (unpaired) electrons. The second-order valence-electron chi connectivity index (χ2n) is 7.16. The minimum atomic E-state index is -4.52. The number of rotatable bonds is 9. The van der Waals surface area contributed by atoms with Crippen LogP contribution >= 0.6 is 0 Å². The molecule has 0 aliphatic heterocycles. The fourth-order valence-corrected chi connectivity index (χ4v) is 4.39. The molecule has 3 aromatic carbocycles. The highest BCUT2D eigenvalue weighted by molar-refractivity contribution is 7.86. The van der Waals surface area contributed by atoms with Crippen LogP contribution in [0.3, 0.4) is 0 Å². The zero-order valence-electron chi connectivity index (χ0n) is 17.6. The van der Waals surface area contributed by atoms with Crippen molar-refractivity contribution in [1.29, 1.82) is 0 Å². The van der Waals surface area contributed by atoms with E-state index >= 15 is 0 Å². The van der Waals surface area contributed by atoms with Crippen LogP contribution in [0.5, 0.6) is 0 Å². The molecule has 0 aliphatic rings. The highest BCUT2D eigenvalue weighted by Crippen LogP contribution is 2.38. The van der Waals surface area contributed by atoms with Crippen LogP contribution in [-0.2, 0) is 20.7 Å². The first kappa shape index (κ1) is 24.4. The third-order valence-electron chi connectivity index (χ3n) is 4.94. The standard InChI is InChI=1S/C21H17N3O9S/c1-14-9-11-15(12-10-14)34(31,32)33-21(16-5-2-3-6-18(16)22(25)26)13-17-19(23(27)28)7-4-8-20(17)24(29)30/h2-12,21H,13H2,1H3. The average molecular weight is 487 g/mol. The van der Waals surface area contributed by atoms with Crippen molar-refractivity contribution in [2.75, 3.05) is 0 Å². The first-order chi connectivity index (χ1) is 16.0. The molecular formula is C21H17N3O9S. The largest absolute Gasteiger partial charge is 0.297 e. The SMILES string of the molecule is Cc1ccc(S(=O)(=O)OC(Cc2c([N+](=O)[O-])cccc2[N+](=O)[O-])c2ccccc2[N+](=O)[O-])cc1. The Labute approximate surface area is 193 Å². The maximum Gasteiger partial charge on any atom is 0.297 e. The van der Waals surface area contributed by atoms with Crippen LogP contribution in [0, 0.1) is 37.3 Å². The number of para-hydroxylation sites is 1. The van der Waals surface area contributed by atoms with Crippen LogP contribution in [0.1, 0.15) is 22.8 Å². The fraction of sp³-hybridized carbons (Fsp3) is 0.143. The van der Waals surface area contributed by atoms with Gasteiger partial charge in [-0.25, -0.2) is 0 Å². The van der Waals surface area contributed by atoms with E-state index in [2.05, 4.69) is 0 Å². The molecule has 0 saturated heterocycles. The molecule has 3 rings (SSSR count). The van der Waals surface area contributed by atoms with Crippen LogP contribution in [0.15, 0.2) is 71.6 Å². The van der Waals surface area contributed by atoms with Gasteiger partial charge in [0.1, 0.15) is 11.7 Å². The van der Waals surface area contributed by atoms with Crippen molar-refractivity contribution in [3.05, 3.63) is 114 Å². The number of nitro groups is 3. The second-order valence-corrected chi connectivity index (χ2v) is 8.73. The van der Waals surface area contributed by atoms with Gasteiger partial charge >= 0.3 is 0 Å². The van der Waals surface area contributed by atoms with Crippen molar-refractivity contribution in [3.63, 3.8) is 0 Å². The molecule has 176 valence electrons. The van der Waals surface area contributed by atoms with Crippen LogP contribution < -0.4 is 0 Å². The summed E-state index contributed by atoms with van der Waals surface area (Å²) in [6.07, 6.45) is -2.36. The third kappa shape index (κ3) is 5.22. The smallest absolute Gasteiger partial charge is 0.258 e. The van der Waals surface area contributed by atoms with Gasteiger partial charge < -0.3 is 0 Å². The van der Waals surface area contributed by atoms with Crippen LogP contribution in [0.2, 0.25) is 0 Å². The van der Waals surface area contributed by atoms with Crippen LogP contribution in [0.4, 0.5) is 17.1 Å². The lowest BCUT2D eigenvalue weighted by Crippen LogP contribution is -2.17. The molecule has 0 N–H and O–H groups in total. The lowest BCUT2D eigenvalue weighted by Gasteiger charge is -2.18. The van der Waals surface area contributed by atoms with Gasteiger partial charge in [0.25, 0.3) is 27.2 Å². The van der Waals surface area contributed by atoms with Crippen molar-refractivity contribution in [1.82, 2.24) is 0 Å². The minimum absolute atomic E-state index is 0.212. The quantitative estimate of drug-likeness (QED) is 0.240. The first-order valence-electron chi connectivity index (χ1n) is 9.65. The first-order valence-corrected chi connectivity index (χ1v) is 11.1. The Hall–Kier alpha value is -4.23. The lowest BCUT2D eigenvalue weighted by atomic mass is 9.97. The Balaban J connectivity index is 2.19. The monoisotopic (exact) mass is 487 g/mol. The topological polar surface area (TPSA) is 173 Å². The normalized spacial score (nSPS) is 12.1. The molecule has 12 nitrogen and oxygen atoms in total. The Kier molecular flexibility index (Phi) is 6.98. The number of nitrogens with zero attached hydrogens (tertiary/aromatic N) is 3. The minimum Gasteiger partial charge on any atom is -0.258 e. The van der Waals surface area contributed by atoms with Gasteiger partial charge in [-0.15, -0.1) is 0 Å². The van der Waals surface area contributed by atoms with Crippen LogP contribution in [-0.4, -0.2) is 23.2 Å². The molecule has 13 heteroatoms. The fourth-order valence-electron chi connectivity index (χ4n) is 3.33. The number of benzene rings is 3. The van der Waals surface area contributed by atoms with Gasteiger partial charge in [0, 0.05) is 24.6 Å². The summed E-state index contributed by atoms with van der Waals surface area (Å²) in [5.41, 5.74) is -1.67. The van der Waals surface area contributed by atoms with Crippen molar-refractivity contribution >= 4 is 27.2 Å². The molecule has 1 unspecified atom stereocenters. The van der Waals surface area contributed by atoms with Gasteiger partial charge in [-0.05, 0) is 31.2 Å². The molecule has 0 heterocycles. The van der Waals surface area contributed by atoms with E-state index in [4.69, 9.17) is 4.18 Å². The van der Waals surface area contributed by atoms with Crippen LogP contribution in [0.25, 0.3) is 0 Å². The van der Waals surface area contributed by atoms with E-state index in [0.717, 1.165) is 29.8 Å². The number of hydrogen-bond donors (Lipinski definition) is 0. The Morgan fingerprint density at radius 3 is 1.79 bits per heavy atom. The number of nitro benzene ring substituents is 3. The van der Waals surface area contributed by atoms with E-state index < -0.39 is 60.0 Å². The van der Waals surface area contributed by atoms with Gasteiger partial charge in [-0.2, -0.15) is 8.42 Å². The Bertz CT molecular complexity index is 1340. The molecule has 0 spiro atoms. The average Bonchev–Trinajstić information content (AvgIpc) is 2.78. The van der Waals surface area contributed by atoms with Gasteiger partial charge in [0.15, 0.2) is 0 Å². The third-order valence-corrected chi connectivity index (χ3v) is 6.28. The van der Waals surface area contributed by atoms with E-state index in [1.807, 2.05) is 0 Å². The van der Waals surface area contributed by atoms with Gasteiger partial charge in [0.05, 0.1) is 25.2 Å². The Morgan fingerprint density at radius 2 is 1.26 bits per heavy atom. The summed E-state index contributed by atoms with van der Waals surface area (Å²) in [7, 11) is -4.52. The van der Waals surface area contributed by atoms with Crippen molar-refractivity contribution in [2.24, 2.45) is 0 Å². The number of aryl methyl sites for hydroxylation is 1. The molecule has 0 amide bonds. The van der Waals surface area contributed by atoms with E-state index in [1.54, 1.807) is 6.92 Å². The zero-order valence-corrected chi connectivity index (χ0v) is 18.4. The summed E-state index contributed by atoms with van der Waals surface area (Å²) < 4.78 is 31.3. The van der Waals surface area contributed by atoms with Gasteiger partial charge in [-0.3, -0.25) is 34.5 Å². The molecule has 1 atom stereocenters. The highest BCUT2D eigenvalue weighted by atomic mass is 32.2. The molecular weight excluding hydrogens is 470 g/mol. The summed E-state index contributed by atoms with van der Waals surface area (Å²) in [6, 6.07) is 13.8. The predicted molar refractivity (Wildman–Crippen MR) is 119 cm³/mol. The molecule has 0 aliphatic carbocycles. The Morgan fingerprint density at radius 1 is 0.765 bits per heavy atom.